The Kier molecular flexibility index (Phi) is 4.90. The van der Waals surface area contributed by atoms with Crippen molar-refractivity contribution in [3.63, 3.8) is 0 Å². The summed E-state index contributed by atoms with van der Waals surface area (Å²) in [5.41, 5.74) is 4.07. The van der Waals surface area contributed by atoms with Crippen LogP contribution in [0, 0.1) is 0 Å². The van der Waals surface area contributed by atoms with E-state index in [0.29, 0.717) is 5.56 Å². The van der Waals surface area contributed by atoms with Gasteiger partial charge in [0.2, 0.25) is 0 Å². The lowest BCUT2D eigenvalue weighted by Crippen LogP contribution is -3.00. The molecule has 15 heavy (non-hydrogen) atoms. The SMILES string of the molecule is [Cl-].[NH3+]C(Cc1ccc(O)c(O)c1)C(=O)O. The average molecular weight is 234 g/mol. The van der Waals surface area contributed by atoms with Crippen LogP contribution < -0.4 is 18.1 Å². The van der Waals surface area contributed by atoms with E-state index in [1.54, 1.807) is 6.07 Å². The van der Waals surface area contributed by atoms with Crippen molar-refractivity contribution < 1.29 is 38.3 Å². The van der Waals surface area contributed by atoms with Crippen molar-refractivity contribution in [1.29, 1.82) is 0 Å². The maximum absolute atomic E-state index is 10.5. The van der Waals surface area contributed by atoms with E-state index in [2.05, 4.69) is 5.73 Å². The van der Waals surface area contributed by atoms with E-state index in [1.165, 1.54) is 12.1 Å². The second-order valence-electron chi connectivity index (χ2n) is 3.06. The molecule has 0 fully saturated rings. The first-order chi connectivity index (χ1) is 6.50. The summed E-state index contributed by atoms with van der Waals surface area (Å²) in [7, 11) is 0. The summed E-state index contributed by atoms with van der Waals surface area (Å²) >= 11 is 0. The number of carboxylic acids is 1. The summed E-state index contributed by atoms with van der Waals surface area (Å²) < 4.78 is 0. The number of phenolic OH excluding ortho intramolecular Hbond substituents is 2. The monoisotopic (exact) mass is 233 g/mol. The van der Waals surface area contributed by atoms with Crippen molar-refractivity contribution in [2.24, 2.45) is 0 Å². The largest absolute Gasteiger partial charge is 1.00 e. The Morgan fingerprint density at radius 1 is 1.33 bits per heavy atom. The number of halogens is 1. The molecule has 0 saturated carbocycles. The molecule has 1 unspecified atom stereocenters. The third kappa shape index (κ3) is 3.65. The summed E-state index contributed by atoms with van der Waals surface area (Å²) in [6.07, 6.45) is 0.225. The first kappa shape index (κ1) is 13.5. The van der Waals surface area contributed by atoms with Crippen LogP contribution in [0.2, 0.25) is 0 Å². The van der Waals surface area contributed by atoms with Crippen LogP contribution in [0.15, 0.2) is 18.2 Å². The molecule has 1 rings (SSSR count). The van der Waals surface area contributed by atoms with Crippen LogP contribution in [0.25, 0.3) is 0 Å². The van der Waals surface area contributed by atoms with Crippen LogP contribution in [0.4, 0.5) is 0 Å². The Hall–Kier alpha value is -1.46. The minimum Gasteiger partial charge on any atom is -1.00 e. The number of hydrogen-bond acceptors (Lipinski definition) is 3. The first-order valence-electron chi connectivity index (χ1n) is 4.07. The zero-order chi connectivity index (χ0) is 10.7. The molecule has 0 spiro atoms. The number of phenols is 2. The van der Waals surface area contributed by atoms with Crippen LogP contribution in [0.5, 0.6) is 11.5 Å². The van der Waals surface area contributed by atoms with Gasteiger partial charge in [-0.15, -0.1) is 0 Å². The van der Waals surface area contributed by atoms with Crippen molar-refractivity contribution in [3.8, 4) is 11.5 Å². The Morgan fingerprint density at radius 3 is 2.40 bits per heavy atom. The van der Waals surface area contributed by atoms with Crippen LogP contribution >= 0.6 is 0 Å². The molecule has 0 aliphatic rings. The first-order valence-corrected chi connectivity index (χ1v) is 4.07. The highest BCUT2D eigenvalue weighted by molar-refractivity contribution is 5.72. The fourth-order valence-corrected chi connectivity index (χ4v) is 1.07. The third-order valence-electron chi connectivity index (χ3n) is 1.87. The standard InChI is InChI=1S/C9H11NO4.ClH/c10-6(9(13)14)3-5-1-2-7(11)8(12)4-5;/h1-2,4,6,11-12H,3,10H2,(H,13,14);1H. The fourth-order valence-electron chi connectivity index (χ4n) is 1.07. The van der Waals surface area contributed by atoms with E-state index >= 15 is 0 Å². The van der Waals surface area contributed by atoms with Gasteiger partial charge in [0.15, 0.2) is 17.5 Å². The van der Waals surface area contributed by atoms with E-state index in [0.717, 1.165) is 0 Å². The van der Waals surface area contributed by atoms with Crippen molar-refractivity contribution in [1.82, 2.24) is 0 Å². The molecular weight excluding hydrogens is 222 g/mol. The summed E-state index contributed by atoms with van der Waals surface area (Å²) in [5.74, 6) is -1.46. The van der Waals surface area contributed by atoms with Gasteiger partial charge in [0.1, 0.15) is 0 Å². The van der Waals surface area contributed by atoms with E-state index in [1.807, 2.05) is 0 Å². The predicted molar refractivity (Wildman–Crippen MR) is 47.8 cm³/mol. The number of carbonyl (C=O) groups is 1. The number of quaternary nitrogens is 1. The quantitative estimate of drug-likeness (QED) is 0.404. The summed E-state index contributed by atoms with van der Waals surface area (Å²) in [6.45, 7) is 0. The molecule has 1 aromatic carbocycles. The van der Waals surface area contributed by atoms with Gasteiger partial charge in [-0.2, -0.15) is 0 Å². The molecule has 1 atom stereocenters. The van der Waals surface area contributed by atoms with Crippen molar-refractivity contribution in [2.75, 3.05) is 0 Å². The Balaban J connectivity index is 0.00000196. The highest BCUT2D eigenvalue weighted by Gasteiger charge is 2.16. The smallest absolute Gasteiger partial charge is 0.362 e. The lowest BCUT2D eigenvalue weighted by Gasteiger charge is -2.04. The second kappa shape index (κ2) is 5.43. The number of benzene rings is 1. The van der Waals surface area contributed by atoms with Gasteiger partial charge in [-0.1, -0.05) is 6.07 Å². The highest BCUT2D eigenvalue weighted by Crippen LogP contribution is 2.25. The van der Waals surface area contributed by atoms with Gasteiger partial charge < -0.3 is 33.5 Å². The molecule has 0 aliphatic heterocycles. The normalized spacial score (nSPS) is 11.5. The molecule has 6 N–H and O–H groups in total. The molecule has 5 nitrogen and oxygen atoms in total. The van der Waals surface area contributed by atoms with Gasteiger partial charge in [-0.25, -0.2) is 4.79 Å². The molecule has 0 bridgehead atoms. The van der Waals surface area contributed by atoms with Crippen LogP contribution in [0.3, 0.4) is 0 Å². The maximum Gasteiger partial charge on any atom is 0.362 e. The molecule has 0 aliphatic carbocycles. The molecular formula is C9H12ClNO4. The van der Waals surface area contributed by atoms with Gasteiger partial charge in [0.05, 0.1) is 0 Å². The zero-order valence-corrected chi connectivity index (χ0v) is 8.61. The number of aliphatic carboxylic acids is 1. The Bertz CT molecular complexity index is 356. The third-order valence-corrected chi connectivity index (χ3v) is 1.87. The van der Waals surface area contributed by atoms with Gasteiger partial charge in [-0.3, -0.25) is 0 Å². The van der Waals surface area contributed by atoms with Crippen molar-refractivity contribution in [2.45, 2.75) is 12.5 Å². The molecule has 0 heterocycles. The van der Waals surface area contributed by atoms with E-state index in [-0.39, 0.29) is 30.3 Å². The molecule has 0 radical (unpaired) electrons. The summed E-state index contributed by atoms with van der Waals surface area (Å²) in [5, 5.41) is 26.7. The highest BCUT2D eigenvalue weighted by atomic mass is 35.5. The number of carboxylic acid groups (broad SMARTS) is 1. The van der Waals surface area contributed by atoms with Gasteiger partial charge in [0, 0.05) is 6.42 Å². The predicted octanol–water partition coefficient (Wildman–Crippen LogP) is -3.66. The number of aromatic hydroxyl groups is 2. The molecule has 0 saturated heterocycles. The van der Waals surface area contributed by atoms with E-state index < -0.39 is 12.0 Å². The van der Waals surface area contributed by atoms with Crippen LogP contribution in [-0.2, 0) is 11.2 Å². The Labute approximate surface area is 92.6 Å². The van der Waals surface area contributed by atoms with Crippen molar-refractivity contribution in [3.05, 3.63) is 23.8 Å². The summed E-state index contributed by atoms with van der Waals surface area (Å²) in [6, 6.07) is 3.45. The molecule has 1 aromatic rings. The Morgan fingerprint density at radius 2 is 1.93 bits per heavy atom. The maximum atomic E-state index is 10.5. The molecule has 6 heteroatoms. The van der Waals surface area contributed by atoms with Gasteiger partial charge in [0.25, 0.3) is 0 Å². The molecule has 0 amide bonds. The van der Waals surface area contributed by atoms with Gasteiger partial charge in [-0.05, 0) is 17.7 Å². The number of hydrogen-bond donors (Lipinski definition) is 4. The minimum absolute atomic E-state index is 0. The fraction of sp³-hybridized carbons (Fsp3) is 0.222. The zero-order valence-electron chi connectivity index (χ0n) is 7.85. The van der Waals surface area contributed by atoms with Crippen molar-refractivity contribution >= 4 is 5.97 Å². The average Bonchev–Trinajstić information content (AvgIpc) is 2.11. The van der Waals surface area contributed by atoms with E-state index in [4.69, 9.17) is 15.3 Å². The minimum atomic E-state index is -0.988. The van der Waals surface area contributed by atoms with Gasteiger partial charge >= 0.3 is 5.97 Å². The molecule has 0 aromatic heterocycles. The lowest BCUT2D eigenvalue weighted by atomic mass is 10.1. The van der Waals surface area contributed by atoms with Crippen LogP contribution in [-0.4, -0.2) is 27.3 Å². The van der Waals surface area contributed by atoms with Crippen LogP contribution in [0.1, 0.15) is 5.56 Å². The topological polar surface area (TPSA) is 105 Å². The number of rotatable bonds is 3. The lowest BCUT2D eigenvalue weighted by molar-refractivity contribution is -0.407. The second-order valence-corrected chi connectivity index (χ2v) is 3.06. The van der Waals surface area contributed by atoms with E-state index in [9.17, 15) is 4.79 Å². The summed E-state index contributed by atoms with van der Waals surface area (Å²) in [4.78, 5) is 10.5. The molecule has 84 valence electrons.